The van der Waals surface area contributed by atoms with E-state index in [-0.39, 0.29) is 12.2 Å². The van der Waals surface area contributed by atoms with Crippen LogP contribution in [0.25, 0.3) is 0 Å². The molecule has 0 heterocycles. The van der Waals surface area contributed by atoms with Crippen LogP contribution in [0.2, 0.25) is 0 Å². The Hall–Kier alpha value is -1.46. The Kier molecular flexibility index (Phi) is 9.78. The van der Waals surface area contributed by atoms with Gasteiger partial charge in [-0.2, -0.15) is 0 Å². The first-order valence-corrected chi connectivity index (χ1v) is 10.9. The molecule has 2 rings (SSSR count). The standard InChI is InChI=1S/C21H36O6/c1-3-10-18(26-20(22)24-16-12-6-5-7-13-16)19(11-4-2)27-21(23)25-17-14-8-9-15-17/h16-19H,3-15H2,1-2H3. The zero-order valence-electron chi connectivity index (χ0n) is 17.0. The lowest BCUT2D eigenvalue weighted by Crippen LogP contribution is -2.37. The lowest BCUT2D eigenvalue weighted by molar-refractivity contribution is -0.0758. The summed E-state index contributed by atoms with van der Waals surface area (Å²) in [7, 11) is 0. The smallest absolute Gasteiger partial charge is 0.431 e. The van der Waals surface area contributed by atoms with E-state index in [9.17, 15) is 9.59 Å². The second-order valence-corrected chi connectivity index (χ2v) is 7.79. The van der Waals surface area contributed by atoms with E-state index in [2.05, 4.69) is 0 Å². The number of rotatable bonds is 9. The van der Waals surface area contributed by atoms with Crippen LogP contribution in [0.4, 0.5) is 9.59 Å². The second-order valence-electron chi connectivity index (χ2n) is 7.79. The van der Waals surface area contributed by atoms with Crippen molar-refractivity contribution in [3.8, 4) is 0 Å². The molecule has 0 aromatic carbocycles. The maximum Gasteiger partial charge on any atom is 0.508 e. The van der Waals surface area contributed by atoms with E-state index in [1.54, 1.807) is 0 Å². The molecule has 2 saturated carbocycles. The van der Waals surface area contributed by atoms with E-state index in [4.69, 9.17) is 18.9 Å². The first kappa shape index (κ1) is 21.8. The second kappa shape index (κ2) is 12.1. The Morgan fingerprint density at radius 2 is 1.07 bits per heavy atom. The zero-order chi connectivity index (χ0) is 19.5. The largest absolute Gasteiger partial charge is 0.508 e. The summed E-state index contributed by atoms with van der Waals surface area (Å²) in [5.74, 6) is 0. The predicted molar refractivity (Wildman–Crippen MR) is 102 cm³/mol. The van der Waals surface area contributed by atoms with Gasteiger partial charge in [-0.1, -0.05) is 33.1 Å². The fourth-order valence-electron chi connectivity index (χ4n) is 3.97. The monoisotopic (exact) mass is 384 g/mol. The number of carbonyl (C=O) groups excluding carboxylic acids is 2. The number of hydrogen-bond donors (Lipinski definition) is 0. The molecule has 2 fully saturated rings. The highest BCUT2D eigenvalue weighted by Gasteiger charge is 2.31. The van der Waals surface area contributed by atoms with Gasteiger partial charge < -0.3 is 18.9 Å². The predicted octanol–water partition coefficient (Wildman–Crippen LogP) is 5.91. The summed E-state index contributed by atoms with van der Waals surface area (Å²) in [6, 6.07) is 0. The molecule has 0 aromatic rings. The third kappa shape index (κ3) is 7.97. The highest BCUT2D eigenvalue weighted by atomic mass is 16.8. The molecule has 6 nitrogen and oxygen atoms in total. The van der Waals surface area contributed by atoms with Gasteiger partial charge >= 0.3 is 12.3 Å². The zero-order valence-corrected chi connectivity index (χ0v) is 17.0. The molecule has 6 heteroatoms. The highest BCUT2D eigenvalue weighted by Crippen LogP contribution is 2.24. The molecule has 0 saturated heterocycles. The van der Waals surface area contributed by atoms with Crippen molar-refractivity contribution in [1.82, 2.24) is 0 Å². The van der Waals surface area contributed by atoms with Gasteiger partial charge in [0.15, 0.2) is 0 Å². The van der Waals surface area contributed by atoms with Crippen LogP contribution < -0.4 is 0 Å². The minimum Gasteiger partial charge on any atom is -0.431 e. The van der Waals surface area contributed by atoms with Crippen LogP contribution in [0.5, 0.6) is 0 Å². The van der Waals surface area contributed by atoms with Gasteiger partial charge in [0.05, 0.1) is 0 Å². The molecular weight excluding hydrogens is 348 g/mol. The molecule has 2 atom stereocenters. The fraction of sp³-hybridized carbons (Fsp3) is 0.905. The Labute approximate surface area is 163 Å². The number of hydrogen-bond acceptors (Lipinski definition) is 6. The van der Waals surface area contributed by atoms with Crippen molar-refractivity contribution in [2.24, 2.45) is 0 Å². The molecular formula is C21H36O6. The lowest BCUT2D eigenvalue weighted by atomic mass is 9.98. The van der Waals surface area contributed by atoms with E-state index < -0.39 is 24.5 Å². The van der Waals surface area contributed by atoms with E-state index in [0.717, 1.165) is 64.2 Å². The molecule has 0 bridgehead atoms. The number of carbonyl (C=O) groups is 2. The Balaban J connectivity index is 1.87. The topological polar surface area (TPSA) is 71.1 Å². The maximum atomic E-state index is 12.3. The lowest BCUT2D eigenvalue weighted by Gasteiger charge is -2.28. The van der Waals surface area contributed by atoms with Crippen LogP contribution in [-0.2, 0) is 18.9 Å². The van der Waals surface area contributed by atoms with Crippen molar-refractivity contribution in [3.05, 3.63) is 0 Å². The molecule has 27 heavy (non-hydrogen) atoms. The van der Waals surface area contributed by atoms with Crippen LogP contribution in [0.15, 0.2) is 0 Å². The molecule has 2 aliphatic rings. The normalized spacial score (nSPS) is 20.7. The summed E-state index contributed by atoms with van der Waals surface area (Å²) < 4.78 is 22.0. The van der Waals surface area contributed by atoms with Gasteiger partial charge in [0.1, 0.15) is 24.4 Å². The van der Waals surface area contributed by atoms with E-state index in [1.165, 1.54) is 6.42 Å². The summed E-state index contributed by atoms with van der Waals surface area (Å²) >= 11 is 0. The average molecular weight is 385 g/mol. The molecule has 156 valence electrons. The Morgan fingerprint density at radius 3 is 1.44 bits per heavy atom. The van der Waals surface area contributed by atoms with E-state index in [0.29, 0.717) is 12.8 Å². The summed E-state index contributed by atoms with van der Waals surface area (Å²) in [4.78, 5) is 24.4. The molecule has 0 amide bonds. The summed E-state index contributed by atoms with van der Waals surface area (Å²) in [6.07, 6.45) is 9.67. The molecule has 2 aliphatic carbocycles. The van der Waals surface area contributed by atoms with Crippen LogP contribution in [0.3, 0.4) is 0 Å². The van der Waals surface area contributed by atoms with Gasteiger partial charge in [0.2, 0.25) is 0 Å². The van der Waals surface area contributed by atoms with Crippen molar-refractivity contribution >= 4 is 12.3 Å². The van der Waals surface area contributed by atoms with Crippen molar-refractivity contribution < 1.29 is 28.5 Å². The summed E-state index contributed by atoms with van der Waals surface area (Å²) in [6.45, 7) is 4.03. The van der Waals surface area contributed by atoms with E-state index in [1.807, 2.05) is 13.8 Å². The van der Waals surface area contributed by atoms with Crippen LogP contribution >= 0.6 is 0 Å². The molecule has 0 spiro atoms. The Morgan fingerprint density at radius 1 is 0.704 bits per heavy atom. The summed E-state index contributed by atoms with van der Waals surface area (Å²) in [5.41, 5.74) is 0. The minimum atomic E-state index is -0.647. The van der Waals surface area contributed by atoms with Crippen molar-refractivity contribution in [1.29, 1.82) is 0 Å². The highest BCUT2D eigenvalue weighted by molar-refractivity contribution is 5.61. The fourth-order valence-corrected chi connectivity index (χ4v) is 3.97. The number of ether oxygens (including phenoxy) is 4. The third-order valence-electron chi connectivity index (χ3n) is 5.44. The van der Waals surface area contributed by atoms with Crippen LogP contribution in [0.1, 0.15) is 97.3 Å². The van der Waals surface area contributed by atoms with Gasteiger partial charge in [-0.05, 0) is 64.2 Å². The van der Waals surface area contributed by atoms with Gasteiger partial charge in [-0.25, -0.2) is 9.59 Å². The average Bonchev–Trinajstić information content (AvgIpc) is 3.14. The Bertz CT molecular complexity index is 440. The van der Waals surface area contributed by atoms with Crippen molar-refractivity contribution in [3.63, 3.8) is 0 Å². The quantitative estimate of drug-likeness (QED) is 0.461. The molecule has 2 unspecified atom stereocenters. The first-order chi connectivity index (χ1) is 13.1. The van der Waals surface area contributed by atoms with Crippen molar-refractivity contribution in [2.45, 2.75) is 122 Å². The minimum absolute atomic E-state index is 0.0402. The van der Waals surface area contributed by atoms with Crippen LogP contribution in [0, 0.1) is 0 Å². The van der Waals surface area contributed by atoms with Gasteiger partial charge in [-0.3, -0.25) is 0 Å². The molecule has 0 aromatic heterocycles. The molecule has 0 aliphatic heterocycles. The first-order valence-electron chi connectivity index (χ1n) is 10.9. The third-order valence-corrected chi connectivity index (χ3v) is 5.44. The maximum absolute atomic E-state index is 12.3. The molecule has 0 N–H and O–H groups in total. The van der Waals surface area contributed by atoms with Gasteiger partial charge in [-0.15, -0.1) is 0 Å². The summed E-state index contributed by atoms with van der Waals surface area (Å²) in [5, 5.41) is 0. The van der Waals surface area contributed by atoms with Crippen molar-refractivity contribution in [2.75, 3.05) is 0 Å². The van der Waals surface area contributed by atoms with Gasteiger partial charge in [0, 0.05) is 0 Å². The van der Waals surface area contributed by atoms with E-state index >= 15 is 0 Å². The molecule has 0 radical (unpaired) electrons. The van der Waals surface area contributed by atoms with Gasteiger partial charge in [0.25, 0.3) is 0 Å². The SMILES string of the molecule is CCCC(OC(=O)OC1CCCCC1)C(CCC)OC(=O)OC1CCCC1. The van der Waals surface area contributed by atoms with Crippen LogP contribution in [-0.4, -0.2) is 36.7 Å².